The lowest BCUT2D eigenvalue weighted by atomic mass is 10.1. The summed E-state index contributed by atoms with van der Waals surface area (Å²) in [4.78, 5) is 38.9. The van der Waals surface area contributed by atoms with Crippen molar-refractivity contribution in [2.75, 3.05) is 19.7 Å². The Morgan fingerprint density at radius 2 is 1.81 bits per heavy atom. The molecule has 2 atom stereocenters. The maximum Gasteiger partial charge on any atom is 0.359 e. The zero-order valence-corrected chi connectivity index (χ0v) is 15.7. The van der Waals surface area contributed by atoms with Gasteiger partial charge in [-0.1, -0.05) is 18.2 Å². The normalized spacial score (nSPS) is 19.9. The standard InChI is InChI=1S/C19H23N3O5/c1-4-22-18(24)15-8-6-5-7-14(15)17(20-22)19(25)26-11-16(23)21-9-12(2)27-13(3)10-21/h5-8,12-13H,4,9-11H2,1-3H3/t12-,13-/m0/s1. The molecule has 2 heterocycles. The number of morpholine rings is 1. The van der Waals surface area contributed by atoms with E-state index in [-0.39, 0.29) is 36.0 Å². The zero-order chi connectivity index (χ0) is 19.6. The fourth-order valence-electron chi connectivity index (χ4n) is 3.27. The van der Waals surface area contributed by atoms with Crippen LogP contribution < -0.4 is 5.56 Å². The summed E-state index contributed by atoms with van der Waals surface area (Å²) < 4.78 is 12.0. The molecule has 8 nitrogen and oxygen atoms in total. The largest absolute Gasteiger partial charge is 0.451 e. The van der Waals surface area contributed by atoms with E-state index in [4.69, 9.17) is 9.47 Å². The van der Waals surface area contributed by atoms with Gasteiger partial charge < -0.3 is 14.4 Å². The smallest absolute Gasteiger partial charge is 0.359 e. The van der Waals surface area contributed by atoms with Crippen LogP contribution in [0.1, 0.15) is 31.3 Å². The van der Waals surface area contributed by atoms with Gasteiger partial charge in [-0.3, -0.25) is 9.59 Å². The molecule has 1 saturated heterocycles. The third-order valence-corrected chi connectivity index (χ3v) is 4.46. The number of rotatable bonds is 4. The second-order valence-electron chi connectivity index (χ2n) is 6.65. The second-order valence-corrected chi connectivity index (χ2v) is 6.65. The average Bonchev–Trinajstić information content (AvgIpc) is 2.65. The first-order valence-electron chi connectivity index (χ1n) is 9.01. The monoisotopic (exact) mass is 373 g/mol. The van der Waals surface area contributed by atoms with Gasteiger partial charge in [-0.2, -0.15) is 5.10 Å². The summed E-state index contributed by atoms with van der Waals surface area (Å²) in [6.45, 7) is 6.43. The third-order valence-electron chi connectivity index (χ3n) is 4.46. The van der Waals surface area contributed by atoms with Crippen LogP contribution in [0.2, 0.25) is 0 Å². The molecule has 0 N–H and O–H groups in total. The molecule has 0 aliphatic carbocycles. The maximum atomic E-state index is 12.6. The summed E-state index contributed by atoms with van der Waals surface area (Å²) in [7, 11) is 0. The molecule has 0 radical (unpaired) electrons. The number of carbonyl (C=O) groups is 2. The molecule has 1 amide bonds. The Balaban J connectivity index is 1.78. The van der Waals surface area contributed by atoms with Crippen LogP contribution >= 0.6 is 0 Å². The van der Waals surface area contributed by atoms with E-state index in [0.717, 1.165) is 0 Å². The molecule has 27 heavy (non-hydrogen) atoms. The molecule has 1 aliphatic rings. The minimum absolute atomic E-state index is 0.0311. The molecule has 1 fully saturated rings. The maximum absolute atomic E-state index is 12.6. The molecule has 1 aromatic carbocycles. The fourth-order valence-corrected chi connectivity index (χ4v) is 3.27. The first-order valence-corrected chi connectivity index (χ1v) is 9.01. The first kappa shape index (κ1) is 19.0. The minimum atomic E-state index is -0.726. The Kier molecular flexibility index (Phi) is 5.55. The van der Waals surface area contributed by atoms with E-state index in [1.165, 1.54) is 4.68 Å². The van der Waals surface area contributed by atoms with Gasteiger partial charge in [0.1, 0.15) is 0 Å². The molecule has 2 aromatic rings. The van der Waals surface area contributed by atoms with Crippen LogP contribution in [0.5, 0.6) is 0 Å². The van der Waals surface area contributed by atoms with Crippen LogP contribution in [-0.2, 0) is 20.8 Å². The average molecular weight is 373 g/mol. The van der Waals surface area contributed by atoms with Crippen molar-refractivity contribution in [1.82, 2.24) is 14.7 Å². The van der Waals surface area contributed by atoms with Gasteiger partial charge in [0.05, 0.1) is 17.6 Å². The van der Waals surface area contributed by atoms with Crippen LogP contribution in [-0.4, -0.2) is 58.5 Å². The van der Waals surface area contributed by atoms with Gasteiger partial charge in [0, 0.05) is 25.0 Å². The number of carbonyl (C=O) groups excluding carboxylic acids is 2. The van der Waals surface area contributed by atoms with Crippen LogP contribution in [0.15, 0.2) is 29.1 Å². The molecule has 0 saturated carbocycles. The summed E-state index contributed by atoms with van der Waals surface area (Å²) in [5, 5.41) is 4.93. The highest BCUT2D eigenvalue weighted by molar-refractivity contribution is 6.02. The minimum Gasteiger partial charge on any atom is -0.451 e. The van der Waals surface area contributed by atoms with Gasteiger partial charge in [0.25, 0.3) is 11.5 Å². The van der Waals surface area contributed by atoms with Gasteiger partial charge in [0.2, 0.25) is 0 Å². The van der Waals surface area contributed by atoms with Crippen molar-refractivity contribution in [3.8, 4) is 0 Å². The number of hydrogen-bond acceptors (Lipinski definition) is 6. The summed E-state index contributed by atoms with van der Waals surface area (Å²) in [5.74, 6) is -1.01. The SMILES string of the molecule is CCn1nc(C(=O)OCC(=O)N2C[C@H](C)O[C@@H](C)C2)c2ccccc2c1=O. The van der Waals surface area contributed by atoms with Crippen molar-refractivity contribution >= 4 is 22.6 Å². The van der Waals surface area contributed by atoms with Gasteiger partial charge >= 0.3 is 5.97 Å². The Labute approximate surface area is 156 Å². The predicted molar refractivity (Wildman–Crippen MR) is 98.5 cm³/mol. The molecule has 1 aliphatic heterocycles. The molecule has 8 heteroatoms. The Bertz CT molecular complexity index is 913. The van der Waals surface area contributed by atoms with E-state index >= 15 is 0 Å². The van der Waals surface area contributed by atoms with Gasteiger partial charge in [-0.15, -0.1) is 0 Å². The van der Waals surface area contributed by atoms with Crippen LogP contribution in [0.4, 0.5) is 0 Å². The van der Waals surface area contributed by atoms with Crippen molar-refractivity contribution in [2.24, 2.45) is 0 Å². The second kappa shape index (κ2) is 7.87. The topological polar surface area (TPSA) is 90.7 Å². The highest BCUT2D eigenvalue weighted by Crippen LogP contribution is 2.15. The highest BCUT2D eigenvalue weighted by Gasteiger charge is 2.27. The summed E-state index contributed by atoms with van der Waals surface area (Å²) in [5.41, 5.74) is -0.236. The molecule has 144 valence electrons. The third kappa shape index (κ3) is 4.00. The van der Waals surface area contributed by atoms with Crippen molar-refractivity contribution in [1.29, 1.82) is 0 Å². The molecule has 0 spiro atoms. The van der Waals surface area contributed by atoms with E-state index in [1.807, 2.05) is 13.8 Å². The van der Waals surface area contributed by atoms with E-state index < -0.39 is 5.97 Å². The summed E-state index contributed by atoms with van der Waals surface area (Å²) in [6.07, 6.45) is -0.126. The molecular weight excluding hydrogens is 350 g/mol. The Morgan fingerprint density at radius 3 is 2.44 bits per heavy atom. The highest BCUT2D eigenvalue weighted by atomic mass is 16.5. The number of amides is 1. The number of nitrogens with zero attached hydrogens (tertiary/aromatic N) is 3. The quantitative estimate of drug-likeness (QED) is 0.748. The van der Waals surface area contributed by atoms with Crippen molar-refractivity contribution in [2.45, 2.75) is 39.5 Å². The van der Waals surface area contributed by atoms with Gasteiger partial charge in [-0.25, -0.2) is 9.48 Å². The lowest BCUT2D eigenvalue weighted by molar-refractivity contribution is -0.146. The molecule has 0 unspecified atom stereocenters. The fraction of sp³-hybridized carbons (Fsp3) is 0.474. The number of esters is 1. The number of fused-ring (bicyclic) bond motifs is 1. The first-order chi connectivity index (χ1) is 12.9. The number of aromatic nitrogens is 2. The number of hydrogen-bond donors (Lipinski definition) is 0. The molecule has 3 rings (SSSR count). The Hall–Kier alpha value is -2.74. The Morgan fingerprint density at radius 1 is 1.19 bits per heavy atom. The van der Waals surface area contributed by atoms with Crippen LogP contribution in [0.3, 0.4) is 0 Å². The number of ether oxygens (including phenoxy) is 2. The van der Waals surface area contributed by atoms with Crippen molar-refractivity contribution < 1.29 is 19.1 Å². The predicted octanol–water partition coefficient (Wildman–Crippen LogP) is 1.21. The molecule has 1 aromatic heterocycles. The molecular formula is C19H23N3O5. The van der Waals surface area contributed by atoms with E-state index in [1.54, 1.807) is 36.1 Å². The van der Waals surface area contributed by atoms with Crippen LogP contribution in [0, 0.1) is 0 Å². The van der Waals surface area contributed by atoms with E-state index in [2.05, 4.69) is 5.10 Å². The summed E-state index contributed by atoms with van der Waals surface area (Å²) in [6, 6.07) is 6.73. The van der Waals surface area contributed by atoms with Crippen molar-refractivity contribution in [3.63, 3.8) is 0 Å². The van der Waals surface area contributed by atoms with Crippen LogP contribution in [0.25, 0.3) is 10.8 Å². The van der Waals surface area contributed by atoms with E-state index in [0.29, 0.717) is 30.4 Å². The number of benzene rings is 1. The lowest BCUT2D eigenvalue weighted by Crippen LogP contribution is -2.49. The summed E-state index contributed by atoms with van der Waals surface area (Å²) >= 11 is 0. The lowest BCUT2D eigenvalue weighted by Gasteiger charge is -2.35. The van der Waals surface area contributed by atoms with Gasteiger partial charge in [0.15, 0.2) is 12.3 Å². The molecule has 0 bridgehead atoms. The van der Waals surface area contributed by atoms with Crippen molar-refractivity contribution in [3.05, 3.63) is 40.3 Å². The van der Waals surface area contributed by atoms with E-state index in [9.17, 15) is 14.4 Å². The van der Waals surface area contributed by atoms with Gasteiger partial charge in [-0.05, 0) is 26.8 Å². The zero-order valence-electron chi connectivity index (χ0n) is 15.7. The number of aryl methyl sites for hydroxylation is 1.